The summed E-state index contributed by atoms with van der Waals surface area (Å²) >= 11 is 0. The van der Waals surface area contributed by atoms with Crippen molar-refractivity contribution in [3.8, 4) is 0 Å². The van der Waals surface area contributed by atoms with Crippen molar-refractivity contribution in [1.29, 1.82) is 0 Å². The molecule has 1 amide bonds. The average Bonchev–Trinajstić information content (AvgIpc) is 3.31. The first-order valence-corrected chi connectivity index (χ1v) is 12.0. The third-order valence-corrected chi connectivity index (χ3v) is 7.09. The van der Waals surface area contributed by atoms with Crippen LogP contribution < -0.4 is 21.5 Å². The maximum atomic E-state index is 13.7. The van der Waals surface area contributed by atoms with Crippen molar-refractivity contribution in [2.45, 2.75) is 62.9 Å². The summed E-state index contributed by atoms with van der Waals surface area (Å²) in [7, 11) is 3.46. The number of ether oxygens (including phenoxy) is 1. The third kappa shape index (κ3) is 4.47. The van der Waals surface area contributed by atoms with Crippen LogP contribution in [0.3, 0.4) is 0 Å². The number of alkyl halides is 1. The van der Waals surface area contributed by atoms with Gasteiger partial charge in [0.15, 0.2) is 5.65 Å². The standard InChI is InChI=1S/C24H30FN7O3/c1-26-21-12-20(30-22-16(13-27-32(21)22)23(33)29-18-10-9-17(18)25)28-19-4-3-11-31(24(19)34)14-5-7-15(35-2)8-6-14/h3-4,11-15,17-18,26H,5-10H2,1-2H3,(H,28,30)(H,29,33)/t14-,15-,17-,18-/m0/s1. The van der Waals surface area contributed by atoms with Crippen molar-refractivity contribution in [1.82, 2.24) is 24.5 Å². The van der Waals surface area contributed by atoms with Crippen LogP contribution in [0.4, 0.5) is 21.7 Å². The Morgan fingerprint density at radius 2 is 2.00 bits per heavy atom. The molecular weight excluding hydrogens is 453 g/mol. The topological polar surface area (TPSA) is 115 Å². The van der Waals surface area contributed by atoms with Crippen LogP contribution in [0.5, 0.6) is 0 Å². The maximum Gasteiger partial charge on any atom is 0.274 e. The van der Waals surface area contributed by atoms with Crippen molar-refractivity contribution in [2.75, 3.05) is 24.8 Å². The van der Waals surface area contributed by atoms with Crippen LogP contribution in [0.25, 0.3) is 5.65 Å². The van der Waals surface area contributed by atoms with Gasteiger partial charge in [0.25, 0.3) is 11.5 Å². The number of carbonyl (C=O) groups excluding carboxylic acids is 1. The van der Waals surface area contributed by atoms with Gasteiger partial charge in [-0.05, 0) is 50.7 Å². The van der Waals surface area contributed by atoms with Crippen molar-refractivity contribution in [2.24, 2.45) is 0 Å². The zero-order valence-corrected chi connectivity index (χ0v) is 19.8. The fraction of sp³-hybridized carbons (Fsp3) is 0.500. The fourth-order valence-corrected chi connectivity index (χ4v) is 4.82. The molecule has 2 atom stereocenters. The van der Waals surface area contributed by atoms with E-state index in [-0.39, 0.29) is 23.3 Å². The highest BCUT2D eigenvalue weighted by molar-refractivity contribution is 6.00. The minimum Gasteiger partial charge on any atom is -0.381 e. The summed E-state index contributed by atoms with van der Waals surface area (Å²) in [4.78, 5) is 30.6. The Morgan fingerprint density at radius 3 is 2.66 bits per heavy atom. The Bertz CT molecular complexity index is 1280. The van der Waals surface area contributed by atoms with Gasteiger partial charge >= 0.3 is 0 Å². The molecule has 0 radical (unpaired) electrons. The molecule has 186 valence electrons. The summed E-state index contributed by atoms with van der Waals surface area (Å²) in [5.74, 6) is 0.548. The molecule has 3 aromatic heterocycles. The Labute approximate surface area is 201 Å². The Kier molecular flexibility index (Phi) is 6.42. The van der Waals surface area contributed by atoms with Gasteiger partial charge in [-0.15, -0.1) is 0 Å². The fourth-order valence-electron chi connectivity index (χ4n) is 4.82. The summed E-state index contributed by atoms with van der Waals surface area (Å²) in [6, 6.07) is 4.91. The van der Waals surface area contributed by atoms with Crippen LogP contribution in [0.15, 0.2) is 35.4 Å². The van der Waals surface area contributed by atoms with E-state index in [0.717, 1.165) is 25.7 Å². The number of carbonyl (C=O) groups is 1. The van der Waals surface area contributed by atoms with Crippen LogP contribution in [-0.4, -0.2) is 57.5 Å². The van der Waals surface area contributed by atoms with Crippen LogP contribution in [-0.2, 0) is 4.74 Å². The second kappa shape index (κ2) is 9.65. The summed E-state index contributed by atoms with van der Waals surface area (Å²) < 4.78 is 22.4. The molecule has 2 aliphatic rings. The molecule has 5 rings (SSSR count). The van der Waals surface area contributed by atoms with E-state index in [9.17, 15) is 14.0 Å². The van der Waals surface area contributed by atoms with Crippen LogP contribution >= 0.6 is 0 Å². The van der Waals surface area contributed by atoms with E-state index in [1.54, 1.807) is 30.9 Å². The van der Waals surface area contributed by atoms with E-state index in [1.807, 2.05) is 12.3 Å². The van der Waals surface area contributed by atoms with Gasteiger partial charge in [-0.1, -0.05) is 0 Å². The van der Waals surface area contributed by atoms with Crippen LogP contribution in [0.2, 0.25) is 0 Å². The lowest BCUT2D eigenvalue weighted by atomic mass is 9.90. The second-order valence-corrected chi connectivity index (χ2v) is 9.17. The average molecular weight is 484 g/mol. The molecule has 0 aliphatic heterocycles. The number of pyridine rings is 1. The molecule has 0 spiro atoms. The highest BCUT2D eigenvalue weighted by Gasteiger charge is 2.33. The summed E-state index contributed by atoms with van der Waals surface area (Å²) in [6.45, 7) is 0. The molecule has 3 N–H and O–H groups in total. The number of amides is 1. The van der Waals surface area contributed by atoms with Crippen molar-refractivity contribution >= 4 is 28.9 Å². The molecule has 3 aromatic rings. The lowest BCUT2D eigenvalue weighted by molar-refractivity contribution is 0.0580. The number of halogens is 1. The minimum atomic E-state index is -1.02. The van der Waals surface area contributed by atoms with Crippen molar-refractivity contribution in [3.05, 3.63) is 46.5 Å². The zero-order chi connectivity index (χ0) is 24.5. The van der Waals surface area contributed by atoms with Gasteiger partial charge in [0.2, 0.25) is 0 Å². The third-order valence-electron chi connectivity index (χ3n) is 7.09. The second-order valence-electron chi connectivity index (χ2n) is 9.17. The van der Waals surface area contributed by atoms with Crippen LogP contribution in [0.1, 0.15) is 54.9 Å². The van der Waals surface area contributed by atoms with Gasteiger partial charge in [0.1, 0.15) is 29.1 Å². The lowest BCUT2D eigenvalue weighted by Gasteiger charge is -2.30. The minimum absolute atomic E-state index is 0.120. The number of hydrogen-bond acceptors (Lipinski definition) is 7. The highest BCUT2D eigenvalue weighted by Crippen LogP contribution is 2.29. The van der Waals surface area contributed by atoms with Gasteiger partial charge in [-0.2, -0.15) is 9.61 Å². The predicted octanol–water partition coefficient (Wildman–Crippen LogP) is 3.04. The van der Waals surface area contributed by atoms with Crippen molar-refractivity contribution < 1.29 is 13.9 Å². The van der Waals surface area contributed by atoms with Gasteiger partial charge in [0.05, 0.1) is 18.3 Å². The van der Waals surface area contributed by atoms with E-state index in [1.165, 1.54) is 10.7 Å². The van der Waals surface area contributed by atoms with Gasteiger partial charge in [0, 0.05) is 32.5 Å². The molecule has 0 unspecified atom stereocenters. The number of nitrogens with zero attached hydrogens (tertiary/aromatic N) is 4. The lowest BCUT2D eigenvalue weighted by Crippen LogP contribution is -2.48. The number of fused-ring (bicyclic) bond motifs is 1. The SMILES string of the molecule is CNc1cc(Nc2cccn([C@H]3CC[C@H](OC)CC3)c2=O)nc2c(C(=O)N[C@H]3CC[C@@H]3F)cnn12. The number of anilines is 3. The number of methoxy groups -OCH3 is 1. The largest absolute Gasteiger partial charge is 0.381 e. The Morgan fingerprint density at radius 1 is 1.20 bits per heavy atom. The molecule has 0 bridgehead atoms. The Hall–Kier alpha value is -3.47. The van der Waals surface area contributed by atoms with E-state index in [2.05, 4.69) is 26.0 Å². The zero-order valence-electron chi connectivity index (χ0n) is 19.8. The molecule has 10 nitrogen and oxygen atoms in total. The molecule has 2 aliphatic carbocycles. The van der Waals surface area contributed by atoms with E-state index in [0.29, 0.717) is 35.8 Å². The number of hydrogen-bond donors (Lipinski definition) is 3. The molecule has 11 heteroatoms. The maximum absolute atomic E-state index is 13.7. The molecule has 3 heterocycles. The van der Waals surface area contributed by atoms with E-state index >= 15 is 0 Å². The molecule has 35 heavy (non-hydrogen) atoms. The summed E-state index contributed by atoms with van der Waals surface area (Å²) in [6.07, 6.45) is 7.13. The highest BCUT2D eigenvalue weighted by atomic mass is 19.1. The van der Waals surface area contributed by atoms with Crippen LogP contribution in [0, 0.1) is 0 Å². The number of rotatable bonds is 7. The van der Waals surface area contributed by atoms with Gasteiger partial charge in [-0.3, -0.25) is 9.59 Å². The quantitative estimate of drug-likeness (QED) is 0.473. The number of aromatic nitrogens is 4. The summed E-state index contributed by atoms with van der Waals surface area (Å²) in [5.41, 5.74) is 0.803. The normalized spacial score (nSPS) is 24.1. The first-order valence-electron chi connectivity index (χ1n) is 12.0. The first-order chi connectivity index (χ1) is 17.0. The van der Waals surface area contributed by atoms with Gasteiger partial charge < -0.3 is 25.3 Å². The van der Waals surface area contributed by atoms with Crippen molar-refractivity contribution in [3.63, 3.8) is 0 Å². The molecule has 0 saturated heterocycles. The monoisotopic (exact) mass is 483 g/mol. The van der Waals surface area contributed by atoms with E-state index < -0.39 is 18.1 Å². The van der Waals surface area contributed by atoms with Gasteiger partial charge in [-0.25, -0.2) is 9.37 Å². The number of nitrogens with one attached hydrogen (secondary N) is 3. The molecular formula is C24H30FN7O3. The predicted molar refractivity (Wildman–Crippen MR) is 130 cm³/mol. The molecule has 2 saturated carbocycles. The Balaban J connectivity index is 1.42. The molecule has 0 aromatic carbocycles. The smallest absolute Gasteiger partial charge is 0.274 e. The summed E-state index contributed by atoms with van der Waals surface area (Å²) in [5, 5.41) is 13.1. The van der Waals surface area contributed by atoms with E-state index in [4.69, 9.17) is 4.74 Å². The first kappa shape index (κ1) is 23.3. The molecule has 2 fully saturated rings.